The maximum absolute atomic E-state index is 11.5. The minimum Gasteiger partial charge on any atom is -0.462 e. The summed E-state index contributed by atoms with van der Waals surface area (Å²) in [6, 6.07) is 0. The zero-order valence-corrected chi connectivity index (χ0v) is 13.6. The molecule has 0 saturated carbocycles. The van der Waals surface area contributed by atoms with Crippen molar-refractivity contribution in [2.45, 2.75) is 44.2 Å². The average molecular weight is 332 g/mol. The standard InChI is InChI=1S/C14H28N4O5/c1-18-11(19)6-7-13(21)23-10-14(16,17)9-22-12(20)5-3-2-4-8-15/h2-10,15-17H2,1H3,(H,18,19). The highest BCUT2D eigenvalue weighted by Gasteiger charge is 2.24. The van der Waals surface area contributed by atoms with Gasteiger partial charge in [0.2, 0.25) is 5.91 Å². The molecule has 0 aliphatic heterocycles. The molecule has 0 fully saturated rings. The molecule has 134 valence electrons. The molecule has 7 N–H and O–H groups in total. The SMILES string of the molecule is CNC(=O)CCC(=O)OCC(N)(N)COC(=O)CCCCCN. The summed E-state index contributed by atoms with van der Waals surface area (Å²) in [6.07, 6.45) is 2.61. The Kier molecular flexibility index (Phi) is 10.9. The van der Waals surface area contributed by atoms with Crippen molar-refractivity contribution < 1.29 is 23.9 Å². The van der Waals surface area contributed by atoms with Crippen molar-refractivity contribution >= 4 is 17.8 Å². The molecule has 0 bridgehead atoms. The zero-order chi connectivity index (χ0) is 17.7. The Morgan fingerprint density at radius 3 is 2.00 bits per heavy atom. The van der Waals surface area contributed by atoms with E-state index in [0.29, 0.717) is 13.0 Å². The van der Waals surface area contributed by atoms with Crippen LogP contribution in [0.15, 0.2) is 0 Å². The molecule has 0 spiro atoms. The smallest absolute Gasteiger partial charge is 0.306 e. The molecule has 9 nitrogen and oxygen atoms in total. The number of hydrogen-bond acceptors (Lipinski definition) is 8. The van der Waals surface area contributed by atoms with E-state index >= 15 is 0 Å². The summed E-state index contributed by atoms with van der Waals surface area (Å²) in [5, 5.41) is 2.39. The second-order valence-electron chi connectivity index (χ2n) is 5.33. The molecule has 0 aromatic heterocycles. The number of amides is 1. The molecule has 1 amide bonds. The van der Waals surface area contributed by atoms with Crippen molar-refractivity contribution in [1.82, 2.24) is 5.32 Å². The molecule has 0 saturated heterocycles. The van der Waals surface area contributed by atoms with E-state index < -0.39 is 17.6 Å². The first-order chi connectivity index (χ1) is 10.8. The first-order valence-corrected chi connectivity index (χ1v) is 7.60. The Morgan fingerprint density at radius 2 is 1.48 bits per heavy atom. The van der Waals surface area contributed by atoms with E-state index in [1.807, 2.05) is 0 Å². The Balaban J connectivity index is 3.88. The van der Waals surface area contributed by atoms with Crippen molar-refractivity contribution in [1.29, 1.82) is 0 Å². The first kappa shape index (κ1) is 21.3. The van der Waals surface area contributed by atoms with Crippen LogP contribution in [0.2, 0.25) is 0 Å². The van der Waals surface area contributed by atoms with Crippen molar-refractivity contribution in [2.75, 3.05) is 26.8 Å². The fourth-order valence-electron chi connectivity index (χ4n) is 1.55. The van der Waals surface area contributed by atoms with Crippen molar-refractivity contribution in [2.24, 2.45) is 17.2 Å². The van der Waals surface area contributed by atoms with Gasteiger partial charge in [-0.1, -0.05) is 6.42 Å². The molecular formula is C14H28N4O5. The van der Waals surface area contributed by atoms with Crippen molar-refractivity contribution in [3.05, 3.63) is 0 Å². The third kappa shape index (κ3) is 12.5. The van der Waals surface area contributed by atoms with E-state index in [2.05, 4.69) is 5.32 Å². The van der Waals surface area contributed by atoms with Crippen LogP contribution in [-0.2, 0) is 23.9 Å². The van der Waals surface area contributed by atoms with Crippen LogP contribution in [0.25, 0.3) is 0 Å². The second-order valence-corrected chi connectivity index (χ2v) is 5.33. The lowest BCUT2D eigenvalue weighted by atomic mass is 10.2. The van der Waals surface area contributed by atoms with Gasteiger partial charge in [-0.15, -0.1) is 0 Å². The second kappa shape index (κ2) is 11.8. The number of esters is 2. The number of nitrogens with two attached hydrogens (primary N) is 3. The highest BCUT2D eigenvalue weighted by Crippen LogP contribution is 2.03. The van der Waals surface area contributed by atoms with Crippen molar-refractivity contribution in [3.8, 4) is 0 Å². The normalized spacial score (nSPS) is 11.0. The third-order valence-corrected chi connectivity index (χ3v) is 2.92. The van der Waals surface area contributed by atoms with E-state index in [1.54, 1.807) is 0 Å². The lowest BCUT2D eigenvalue weighted by molar-refractivity contribution is -0.150. The summed E-state index contributed by atoms with van der Waals surface area (Å²) in [5.74, 6) is -1.27. The molecule has 0 radical (unpaired) electrons. The van der Waals surface area contributed by atoms with Crippen LogP contribution in [0.4, 0.5) is 0 Å². The van der Waals surface area contributed by atoms with Gasteiger partial charge in [0.25, 0.3) is 0 Å². The molecule has 23 heavy (non-hydrogen) atoms. The molecule has 0 unspecified atom stereocenters. The van der Waals surface area contributed by atoms with Crippen LogP contribution in [0, 0.1) is 0 Å². The van der Waals surface area contributed by atoms with Gasteiger partial charge in [-0.2, -0.15) is 0 Å². The van der Waals surface area contributed by atoms with E-state index in [1.165, 1.54) is 7.05 Å². The molecule has 0 atom stereocenters. The number of rotatable bonds is 12. The Labute approximate surface area is 136 Å². The number of nitrogens with one attached hydrogen (secondary N) is 1. The largest absolute Gasteiger partial charge is 0.462 e. The van der Waals surface area contributed by atoms with Crippen LogP contribution in [0.5, 0.6) is 0 Å². The van der Waals surface area contributed by atoms with E-state index in [4.69, 9.17) is 26.7 Å². The number of hydrogen-bond donors (Lipinski definition) is 4. The molecule has 0 aromatic carbocycles. The monoisotopic (exact) mass is 332 g/mol. The molecular weight excluding hydrogens is 304 g/mol. The van der Waals surface area contributed by atoms with E-state index in [0.717, 1.165) is 12.8 Å². The van der Waals surface area contributed by atoms with Crippen LogP contribution in [0.3, 0.4) is 0 Å². The minimum atomic E-state index is -1.46. The number of carbonyl (C=O) groups excluding carboxylic acids is 3. The maximum Gasteiger partial charge on any atom is 0.306 e. The topological polar surface area (TPSA) is 160 Å². The molecule has 0 rings (SSSR count). The number of ether oxygens (including phenoxy) is 2. The molecule has 0 aromatic rings. The summed E-state index contributed by atoms with van der Waals surface area (Å²) in [5.41, 5.74) is 15.3. The number of unbranched alkanes of at least 4 members (excludes halogenated alkanes) is 2. The van der Waals surface area contributed by atoms with Gasteiger partial charge < -0.3 is 32.0 Å². The maximum atomic E-state index is 11.5. The summed E-state index contributed by atoms with van der Waals surface area (Å²) in [7, 11) is 1.48. The highest BCUT2D eigenvalue weighted by atomic mass is 16.5. The van der Waals surface area contributed by atoms with Crippen LogP contribution >= 0.6 is 0 Å². The fourth-order valence-corrected chi connectivity index (χ4v) is 1.55. The fraction of sp³-hybridized carbons (Fsp3) is 0.786. The predicted molar refractivity (Wildman–Crippen MR) is 83.8 cm³/mol. The van der Waals surface area contributed by atoms with Crippen LogP contribution in [-0.4, -0.2) is 50.3 Å². The van der Waals surface area contributed by atoms with Crippen molar-refractivity contribution in [3.63, 3.8) is 0 Å². The molecule has 0 aliphatic rings. The highest BCUT2D eigenvalue weighted by molar-refractivity contribution is 5.81. The van der Waals surface area contributed by atoms with Gasteiger partial charge in [-0.25, -0.2) is 0 Å². The minimum absolute atomic E-state index is 0.0231. The zero-order valence-electron chi connectivity index (χ0n) is 13.6. The van der Waals surface area contributed by atoms with Crippen LogP contribution in [0.1, 0.15) is 38.5 Å². The quantitative estimate of drug-likeness (QED) is 0.195. The Bertz CT molecular complexity index is 387. The summed E-state index contributed by atoms with van der Waals surface area (Å²) in [4.78, 5) is 33.9. The average Bonchev–Trinajstić information content (AvgIpc) is 2.53. The first-order valence-electron chi connectivity index (χ1n) is 7.60. The summed E-state index contributed by atoms with van der Waals surface area (Å²) in [6.45, 7) is 0.0283. The summed E-state index contributed by atoms with van der Waals surface area (Å²) < 4.78 is 9.83. The lowest BCUT2D eigenvalue weighted by Gasteiger charge is -2.23. The summed E-state index contributed by atoms with van der Waals surface area (Å²) >= 11 is 0. The third-order valence-electron chi connectivity index (χ3n) is 2.92. The van der Waals surface area contributed by atoms with Crippen LogP contribution < -0.4 is 22.5 Å². The molecule has 0 heterocycles. The molecule has 0 aliphatic carbocycles. The number of carbonyl (C=O) groups is 3. The van der Waals surface area contributed by atoms with E-state index in [9.17, 15) is 14.4 Å². The predicted octanol–water partition coefficient (Wildman–Crippen LogP) is -1.27. The Hall–Kier alpha value is -1.71. The van der Waals surface area contributed by atoms with Gasteiger partial charge in [0.15, 0.2) is 0 Å². The van der Waals surface area contributed by atoms with Gasteiger partial charge in [0.05, 0.1) is 6.42 Å². The van der Waals surface area contributed by atoms with Gasteiger partial charge in [-0.3, -0.25) is 14.4 Å². The van der Waals surface area contributed by atoms with Gasteiger partial charge >= 0.3 is 11.9 Å². The van der Waals surface area contributed by atoms with Gasteiger partial charge in [0.1, 0.15) is 18.9 Å². The molecule has 9 heteroatoms. The lowest BCUT2D eigenvalue weighted by Crippen LogP contribution is -2.57. The van der Waals surface area contributed by atoms with E-state index in [-0.39, 0.29) is 38.4 Å². The van der Waals surface area contributed by atoms with Gasteiger partial charge in [-0.05, 0) is 19.4 Å². The van der Waals surface area contributed by atoms with Gasteiger partial charge in [0, 0.05) is 19.9 Å². The Morgan fingerprint density at radius 1 is 0.913 bits per heavy atom.